The van der Waals surface area contributed by atoms with Crippen molar-refractivity contribution in [1.82, 2.24) is 0 Å². The molecule has 0 aliphatic rings. The standard InChI is InChI=1S/C11H13.C2H6O/c1-3-10(2)9-11-7-5-4-6-8-11;1-3-2/h3-8H,2,9H2,1H3;1-2H3. The molecule has 1 rings (SSSR count). The maximum atomic E-state index is 4.25. The van der Waals surface area contributed by atoms with Gasteiger partial charge in [0.15, 0.2) is 0 Å². The molecule has 1 radical (unpaired) electrons. The van der Waals surface area contributed by atoms with Crippen LogP contribution in [-0.2, 0) is 11.2 Å². The molecule has 0 atom stereocenters. The van der Waals surface area contributed by atoms with E-state index < -0.39 is 0 Å². The largest absolute Gasteiger partial charge is 0.388 e. The molecule has 0 saturated carbocycles. The van der Waals surface area contributed by atoms with Crippen LogP contribution in [-0.4, -0.2) is 14.2 Å². The fourth-order valence-electron chi connectivity index (χ4n) is 0.960. The summed E-state index contributed by atoms with van der Waals surface area (Å²) in [7, 11) is 3.25. The Labute approximate surface area is 87.4 Å². The van der Waals surface area contributed by atoms with Crippen molar-refractivity contribution in [3.8, 4) is 0 Å². The van der Waals surface area contributed by atoms with E-state index in [2.05, 4.69) is 35.9 Å². The summed E-state index contributed by atoms with van der Waals surface area (Å²) in [4.78, 5) is 0. The summed E-state index contributed by atoms with van der Waals surface area (Å²) in [5.74, 6) is 0. The van der Waals surface area contributed by atoms with Gasteiger partial charge in [0.2, 0.25) is 0 Å². The van der Waals surface area contributed by atoms with Crippen LogP contribution in [0.15, 0.2) is 42.0 Å². The molecule has 14 heavy (non-hydrogen) atoms. The SMILES string of the molecule is COC.[CH2]C(=CC)Cc1ccccc1. The molecule has 0 bridgehead atoms. The van der Waals surface area contributed by atoms with Gasteiger partial charge in [-0.15, -0.1) is 0 Å². The van der Waals surface area contributed by atoms with E-state index in [9.17, 15) is 0 Å². The molecule has 0 heterocycles. The summed E-state index contributed by atoms with van der Waals surface area (Å²) in [6.07, 6.45) is 3.02. The maximum absolute atomic E-state index is 4.25. The lowest BCUT2D eigenvalue weighted by Crippen LogP contribution is -1.84. The summed E-state index contributed by atoms with van der Waals surface area (Å²) in [6, 6.07) is 10.4. The van der Waals surface area contributed by atoms with Gasteiger partial charge in [-0.2, -0.15) is 0 Å². The maximum Gasteiger partial charge on any atom is 0.0351 e. The number of rotatable bonds is 2. The normalized spacial score (nSPS) is 10.4. The Morgan fingerprint density at radius 3 is 2.21 bits per heavy atom. The van der Waals surface area contributed by atoms with E-state index in [1.54, 1.807) is 14.2 Å². The summed E-state index contributed by atoms with van der Waals surface area (Å²) in [6.45, 7) is 5.93. The highest BCUT2D eigenvalue weighted by Crippen LogP contribution is 2.05. The van der Waals surface area contributed by atoms with Crippen LogP contribution < -0.4 is 0 Å². The summed E-state index contributed by atoms with van der Waals surface area (Å²) in [5.41, 5.74) is 2.51. The Bertz CT molecular complexity index is 249. The molecule has 0 unspecified atom stereocenters. The highest BCUT2D eigenvalue weighted by Gasteiger charge is 1.90. The molecule has 0 N–H and O–H groups in total. The van der Waals surface area contributed by atoms with E-state index in [-0.39, 0.29) is 0 Å². The Morgan fingerprint density at radius 2 is 1.79 bits per heavy atom. The van der Waals surface area contributed by atoms with E-state index in [0.29, 0.717) is 0 Å². The monoisotopic (exact) mass is 191 g/mol. The smallest absolute Gasteiger partial charge is 0.0351 e. The Balaban J connectivity index is 0.000000500. The lowest BCUT2D eigenvalue weighted by molar-refractivity contribution is 0.277. The van der Waals surface area contributed by atoms with Crippen LogP contribution in [0.3, 0.4) is 0 Å². The fraction of sp³-hybridized carbons (Fsp3) is 0.308. The first-order valence-electron chi connectivity index (χ1n) is 4.65. The Hall–Kier alpha value is -1.08. The van der Waals surface area contributed by atoms with Crippen molar-refractivity contribution in [2.75, 3.05) is 14.2 Å². The molecule has 0 aliphatic heterocycles. The molecule has 0 fully saturated rings. The van der Waals surface area contributed by atoms with Crippen LogP contribution in [0, 0.1) is 6.92 Å². The van der Waals surface area contributed by atoms with Gasteiger partial charge in [0.05, 0.1) is 0 Å². The van der Waals surface area contributed by atoms with Gasteiger partial charge in [-0.25, -0.2) is 0 Å². The molecule has 0 saturated heterocycles. The summed E-state index contributed by atoms with van der Waals surface area (Å²) < 4.78 is 4.25. The predicted molar refractivity (Wildman–Crippen MR) is 62.2 cm³/mol. The first-order valence-corrected chi connectivity index (χ1v) is 4.65. The van der Waals surface area contributed by atoms with Gasteiger partial charge >= 0.3 is 0 Å². The molecule has 1 nitrogen and oxygen atoms in total. The Morgan fingerprint density at radius 1 is 1.29 bits per heavy atom. The second-order valence-electron chi connectivity index (χ2n) is 3.02. The zero-order valence-electron chi connectivity index (χ0n) is 9.29. The lowest BCUT2D eigenvalue weighted by atomic mass is 10.1. The summed E-state index contributed by atoms with van der Waals surface area (Å²) >= 11 is 0. The van der Waals surface area contributed by atoms with Crippen molar-refractivity contribution in [2.45, 2.75) is 13.3 Å². The second-order valence-corrected chi connectivity index (χ2v) is 3.02. The topological polar surface area (TPSA) is 9.23 Å². The third kappa shape index (κ3) is 6.44. The van der Waals surface area contributed by atoms with Crippen LogP contribution in [0.4, 0.5) is 0 Å². The highest BCUT2D eigenvalue weighted by atomic mass is 16.4. The molecule has 1 aromatic carbocycles. The van der Waals surface area contributed by atoms with Gasteiger partial charge in [-0.3, -0.25) is 0 Å². The van der Waals surface area contributed by atoms with E-state index in [0.717, 1.165) is 6.42 Å². The molecule has 1 heteroatoms. The number of ether oxygens (including phenoxy) is 1. The van der Waals surface area contributed by atoms with Gasteiger partial charge in [0, 0.05) is 14.2 Å². The average molecular weight is 191 g/mol. The fourth-order valence-corrected chi connectivity index (χ4v) is 0.960. The van der Waals surface area contributed by atoms with Crippen molar-refractivity contribution < 1.29 is 4.74 Å². The first kappa shape index (κ1) is 12.9. The van der Waals surface area contributed by atoms with Gasteiger partial charge in [-0.1, -0.05) is 42.0 Å². The number of hydrogen-bond acceptors (Lipinski definition) is 1. The number of methoxy groups -OCH3 is 1. The average Bonchev–Trinajstić information content (AvgIpc) is 2.20. The van der Waals surface area contributed by atoms with E-state index >= 15 is 0 Å². The molecule has 0 aliphatic carbocycles. The minimum Gasteiger partial charge on any atom is -0.388 e. The zero-order valence-corrected chi connectivity index (χ0v) is 9.29. The van der Waals surface area contributed by atoms with Crippen molar-refractivity contribution in [1.29, 1.82) is 0 Å². The second kappa shape index (κ2) is 8.52. The van der Waals surface area contributed by atoms with Crippen molar-refractivity contribution in [2.24, 2.45) is 0 Å². The van der Waals surface area contributed by atoms with Gasteiger partial charge in [0.1, 0.15) is 0 Å². The third-order valence-corrected chi connectivity index (χ3v) is 1.68. The van der Waals surface area contributed by atoms with Crippen molar-refractivity contribution in [3.63, 3.8) is 0 Å². The third-order valence-electron chi connectivity index (χ3n) is 1.68. The zero-order chi connectivity index (χ0) is 10.8. The van der Waals surface area contributed by atoms with E-state index in [1.807, 2.05) is 19.1 Å². The number of allylic oxidation sites excluding steroid dienone is 2. The predicted octanol–water partition coefficient (Wildman–Crippen LogP) is 3.27. The minimum absolute atomic E-state index is 0.970. The quantitative estimate of drug-likeness (QED) is 0.697. The Kier molecular flexibility index (Phi) is 7.86. The van der Waals surface area contributed by atoms with Crippen LogP contribution in [0.5, 0.6) is 0 Å². The molecule has 77 valence electrons. The molecular formula is C13H19O. The molecule has 0 spiro atoms. The lowest BCUT2D eigenvalue weighted by Gasteiger charge is -1.98. The van der Waals surface area contributed by atoms with Gasteiger partial charge in [-0.05, 0) is 25.8 Å². The highest BCUT2D eigenvalue weighted by molar-refractivity contribution is 5.22. The number of benzene rings is 1. The summed E-state index contributed by atoms with van der Waals surface area (Å²) in [5, 5.41) is 0. The van der Waals surface area contributed by atoms with Crippen molar-refractivity contribution in [3.05, 3.63) is 54.5 Å². The number of hydrogen-bond donors (Lipinski definition) is 0. The van der Waals surface area contributed by atoms with Crippen LogP contribution in [0.1, 0.15) is 12.5 Å². The van der Waals surface area contributed by atoms with Crippen LogP contribution in [0.25, 0.3) is 0 Å². The van der Waals surface area contributed by atoms with E-state index in [1.165, 1.54) is 11.1 Å². The van der Waals surface area contributed by atoms with Crippen molar-refractivity contribution >= 4 is 0 Å². The van der Waals surface area contributed by atoms with Crippen LogP contribution >= 0.6 is 0 Å². The first-order chi connectivity index (χ1) is 6.74. The molecule has 1 aromatic rings. The molecule has 0 amide bonds. The minimum atomic E-state index is 0.970. The van der Waals surface area contributed by atoms with Gasteiger partial charge < -0.3 is 4.74 Å². The van der Waals surface area contributed by atoms with E-state index in [4.69, 9.17) is 0 Å². The van der Waals surface area contributed by atoms with Crippen LogP contribution in [0.2, 0.25) is 0 Å². The van der Waals surface area contributed by atoms with Gasteiger partial charge in [0.25, 0.3) is 0 Å². The molecular weight excluding hydrogens is 172 g/mol. The molecule has 0 aromatic heterocycles.